The van der Waals surface area contributed by atoms with Gasteiger partial charge in [-0.05, 0) is 39.3 Å². The molecule has 0 saturated carbocycles. The summed E-state index contributed by atoms with van der Waals surface area (Å²) in [6, 6.07) is 5.72. The van der Waals surface area contributed by atoms with Crippen molar-refractivity contribution in [2.45, 2.75) is 38.1 Å². The fraction of sp³-hybridized carbons (Fsp3) is 0.412. The molecule has 3 aromatic rings. The third kappa shape index (κ3) is 2.60. The topological polar surface area (TPSA) is 81.7 Å². The van der Waals surface area contributed by atoms with Gasteiger partial charge in [-0.3, -0.25) is 4.57 Å². The molecule has 1 fully saturated rings. The molecule has 7 heteroatoms. The molecule has 0 radical (unpaired) electrons. The molecule has 1 atom stereocenters. The standard InChI is InChI=1S/C17H20N6O/c1-16(2)9-17(3,10-19-16)15-21-14(22-24-15)12-5-4-6-13(20-12)23-8-7-18-11-23/h4-8,11,19H,9-10H2,1-3H3. The van der Waals surface area contributed by atoms with E-state index >= 15 is 0 Å². The molecule has 0 aliphatic carbocycles. The molecular formula is C17H20N6O. The van der Waals surface area contributed by atoms with Crippen LogP contribution in [-0.2, 0) is 5.41 Å². The molecule has 4 rings (SSSR count). The summed E-state index contributed by atoms with van der Waals surface area (Å²) in [5, 5.41) is 7.65. The van der Waals surface area contributed by atoms with Crippen LogP contribution in [0.4, 0.5) is 0 Å². The second-order valence-electron chi connectivity index (χ2n) is 7.25. The van der Waals surface area contributed by atoms with E-state index in [1.54, 1.807) is 12.5 Å². The molecule has 7 nitrogen and oxygen atoms in total. The number of nitrogens with one attached hydrogen (secondary N) is 1. The minimum Gasteiger partial charge on any atom is -0.338 e. The zero-order valence-corrected chi connectivity index (χ0v) is 14.0. The number of imidazole rings is 1. The van der Waals surface area contributed by atoms with Crippen LogP contribution in [0.3, 0.4) is 0 Å². The first-order valence-electron chi connectivity index (χ1n) is 8.00. The zero-order valence-electron chi connectivity index (χ0n) is 14.0. The second kappa shape index (κ2) is 5.24. The van der Waals surface area contributed by atoms with Crippen molar-refractivity contribution < 1.29 is 4.52 Å². The maximum atomic E-state index is 5.57. The van der Waals surface area contributed by atoms with E-state index in [1.165, 1.54) is 0 Å². The van der Waals surface area contributed by atoms with E-state index in [4.69, 9.17) is 4.52 Å². The number of hydrogen-bond acceptors (Lipinski definition) is 6. The lowest BCUT2D eigenvalue weighted by molar-refractivity contribution is 0.297. The van der Waals surface area contributed by atoms with Gasteiger partial charge in [0, 0.05) is 24.5 Å². The summed E-state index contributed by atoms with van der Waals surface area (Å²) in [7, 11) is 0. The Bertz CT molecular complexity index is 854. The normalized spacial score (nSPS) is 22.8. The Balaban J connectivity index is 1.65. The number of pyridine rings is 1. The summed E-state index contributed by atoms with van der Waals surface area (Å²) >= 11 is 0. The quantitative estimate of drug-likeness (QED) is 0.796. The van der Waals surface area contributed by atoms with Crippen molar-refractivity contribution in [2.75, 3.05) is 6.54 Å². The first-order valence-corrected chi connectivity index (χ1v) is 8.00. The van der Waals surface area contributed by atoms with Crippen molar-refractivity contribution in [1.29, 1.82) is 0 Å². The average molecular weight is 324 g/mol. The monoisotopic (exact) mass is 324 g/mol. The number of hydrogen-bond donors (Lipinski definition) is 1. The molecule has 1 saturated heterocycles. The predicted molar refractivity (Wildman–Crippen MR) is 88.7 cm³/mol. The van der Waals surface area contributed by atoms with Gasteiger partial charge in [-0.1, -0.05) is 11.2 Å². The molecule has 1 aliphatic heterocycles. The van der Waals surface area contributed by atoms with Gasteiger partial charge in [-0.25, -0.2) is 9.97 Å². The Hall–Kier alpha value is -2.54. The van der Waals surface area contributed by atoms with E-state index < -0.39 is 0 Å². The Labute approximate surface area is 140 Å². The number of rotatable bonds is 3. The molecule has 0 spiro atoms. The largest absolute Gasteiger partial charge is 0.338 e. The van der Waals surface area contributed by atoms with E-state index in [0.717, 1.165) is 18.8 Å². The fourth-order valence-corrected chi connectivity index (χ4v) is 3.34. The summed E-state index contributed by atoms with van der Waals surface area (Å²) in [6.07, 6.45) is 6.23. The van der Waals surface area contributed by atoms with E-state index in [2.05, 4.69) is 46.2 Å². The highest BCUT2D eigenvalue weighted by Crippen LogP contribution is 2.37. The van der Waals surface area contributed by atoms with Crippen LogP contribution in [0.25, 0.3) is 17.3 Å². The first-order chi connectivity index (χ1) is 11.5. The number of aromatic nitrogens is 5. The lowest BCUT2D eigenvalue weighted by Crippen LogP contribution is -2.31. The van der Waals surface area contributed by atoms with E-state index in [0.29, 0.717) is 17.4 Å². The lowest BCUT2D eigenvalue weighted by atomic mass is 9.84. The van der Waals surface area contributed by atoms with Crippen LogP contribution in [0.5, 0.6) is 0 Å². The van der Waals surface area contributed by atoms with Crippen molar-refractivity contribution in [3.63, 3.8) is 0 Å². The molecule has 1 aliphatic rings. The minimum atomic E-state index is -0.156. The van der Waals surface area contributed by atoms with E-state index in [1.807, 2.05) is 29.0 Å². The van der Waals surface area contributed by atoms with Crippen LogP contribution >= 0.6 is 0 Å². The van der Waals surface area contributed by atoms with Gasteiger partial charge in [0.15, 0.2) is 0 Å². The van der Waals surface area contributed by atoms with Gasteiger partial charge in [0.1, 0.15) is 17.8 Å². The van der Waals surface area contributed by atoms with E-state index in [-0.39, 0.29) is 11.0 Å². The van der Waals surface area contributed by atoms with Crippen LogP contribution in [0.15, 0.2) is 41.4 Å². The minimum absolute atomic E-state index is 0.0724. The lowest BCUT2D eigenvalue weighted by Gasteiger charge is -2.20. The molecule has 1 N–H and O–H groups in total. The van der Waals surface area contributed by atoms with Crippen molar-refractivity contribution in [3.05, 3.63) is 42.8 Å². The summed E-state index contributed by atoms with van der Waals surface area (Å²) in [4.78, 5) is 13.3. The van der Waals surface area contributed by atoms with Crippen LogP contribution in [-0.4, -0.2) is 36.8 Å². The SMILES string of the molecule is CC1(C)CC(C)(c2nc(-c3cccc(-n4ccnc4)n3)no2)CN1. The third-order valence-electron chi connectivity index (χ3n) is 4.46. The van der Waals surface area contributed by atoms with E-state index in [9.17, 15) is 0 Å². The van der Waals surface area contributed by atoms with Crippen LogP contribution in [0.2, 0.25) is 0 Å². The Morgan fingerprint density at radius 2 is 2.08 bits per heavy atom. The van der Waals surface area contributed by atoms with Crippen LogP contribution in [0, 0.1) is 0 Å². The van der Waals surface area contributed by atoms with Crippen molar-refractivity contribution in [3.8, 4) is 17.3 Å². The van der Waals surface area contributed by atoms with Gasteiger partial charge in [0.05, 0.1) is 5.41 Å². The maximum Gasteiger partial charge on any atom is 0.234 e. The van der Waals surface area contributed by atoms with Crippen molar-refractivity contribution >= 4 is 0 Å². The fourth-order valence-electron chi connectivity index (χ4n) is 3.34. The van der Waals surface area contributed by atoms with Crippen molar-refractivity contribution in [2.24, 2.45) is 0 Å². The molecule has 3 aromatic heterocycles. The summed E-state index contributed by atoms with van der Waals surface area (Å²) in [6.45, 7) is 7.35. The summed E-state index contributed by atoms with van der Waals surface area (Å²) < 4.78 is 7.41. The van der Waals surface area contributed by atoms with Crippen molar-refractivity contribution in [1.82, 2.24) is 30.0 Å². The zero-order chi connectivity index (χ0) is 16.8. The summed E-state index contributed by atoms with van der Waals surface area (Å²) in [5.74, 6) is 1.94. The molecular weight excluding hydrogens is 304 g/mol. The highest BCUT2D eigenvalue weighted by molar-refractivity contribution is 5.50. The Kier molecular flexibility index (Phi) is 3.28. The van der Waals surface area contributed by atoms with Gasteiger partial charge >= 0.3 is 0 Å². The molecule has 0 amide bonds. The smallest absolute Gasteiger partial charge is 0.234 e. The molecule has 0 aromatic carbocycles. The molecule has 1 unspecified atom stereocenters. The molecule has 24 heavy (non-hydrogen) atoms. The highest BCUT2D eigenvalue weighted by Gasteiger charge is 2.44. The highest BCUT2D eigenvalue weighted by atomic mass is 16.5. The van der Waals surface area contributed by atoms with Crippen LogP contribution in [0.1, 0.15) is 33.1 Å². The average Bonchev–Trinajstić information content (AvgIpc) is 3.28. The van der Waals surface area contributed by atoms with Gasteiger partial charge in [-0.15, -0.1) is 0 Å². The maximum absolute atomic E-state index is 5.57. The van der Waals surface area contributed by atoms with Gasteiger partial charge in [-0.2, -0.15) is 4.98 Å². The Morgan fingerprint density at radius 3 is 2.79 bits per heavy atom. The first kappa shape index (κ1) is 15.0. The second-order valence-corrected chi connectivity index (χ2v) is 7.25. The molecule has 124 valence electrons. The third-order valence-corrected chi connectivity index (χ3v) is 4.46. The van der Waals surface area contributed by atoms with Gasteiger partial charge in [0.2, 0.25) is 11.7 Å². The summed E-state index contributed by atoms with van der Waals surface area (Å²) in [5.41, 5.74) is 0.602. The number of nitrogens with zero attached hydrogens (tertiary/aromatic N) is 5. The molecule has 0 bridgehead atoms. The van der Waals surface area contributed by atoms with Crippen LogP contribution < -0.4 is 5.32 Å². The Morgan fingerprint density at radius 1 is 1.21 bits per heavy atom. The van der Waals surface area contributed by atoms with Gasteiger partial charge < -0.3 is 9.84 Å². The predicted octanol–water partition coefficient (Wildman–Crippen LogP) is 2.35. The molecule has 4 heterocycles. The van der Waals surface area contributed by atoms with Gasteiger partial charge in [0.25, 0.3) is 0 Å².